The molecule has 1 aromatic carbocycles. The van der Waals surface area contributed by atoms with Gasteiger partial charge in [-0.3, -0.25) is 0 Å². The second-order valence-corrected chi connectivity index (χ2v) is 4.69. The molecule has 3 nitrogen and oxygen atoms in total. The van der Waals surface area contributed by atoms with Crippen molar-refractivity contribution in [1.29, 1.82) is 0 Å². The monoisotopic (exact) mass is 237 g/mol. The predicted molar refractivity (Wildman–Crippen MR) is 70.5 cm³/mol. The Morgan fingerprint density at radius 2 is 1.71 bits per heavy atom. The first-order valence-electron chi connectivity index (χ1n) is 6.06. The van der Waals surface area contributed by atoms with Gasteiger partial charge in [0.05, 0.1) is 14.2 Å². The largest absolute Gasteiger partial charge is 0.493 e. The summed E-state index contributed by atoms with van der Waals surface area (Å²) in [5, 5.41) is 0. The highest BCUT2D eigenvalue weighted by Gasteiger charge is 2.11. The number of ether oxygens (including phenoxy) is 2. The standard InChI is InChI=1S/C14H23NO2/c1-10(2)5-7-12(15)11-6-8-13(16-3)14(9-11)17-4/h6,8-10,12H,5,7,15H2,1-4H3/t12-/m1/s1. The molecular weight excluding hydrogens is 214 g/mol. The third-order valence-corrected chi connectivity index (χ3v) is 2.89. The van der Waals surface area contributed by atoms with Gasteiger partial charge in [-0.15, -0.1) is 0 Å². The highest BCUT2D eigenvalue weighted by molar-refractivity contribution is 5.43. The molecule has 3 heteroatoms. The average Bonchev–Trinajstić information content (AvgIpc) is 2.34. The normalized spacial score (nSPS) is 12.6. The Morgan fingerprint density at radius 1 is 1.06 bits per heavy atom. The Kier molecular flexibility index (Phi) is 5.29. The smallest absolute Gasteiger partial charge is 0.161 e. The zero-order valence-corrected chi connectivity index (χ0v) is 11.2. The summed E-state index contributed by atoms with van der Waals surface area (Å²) in [6, 6.07) is 5.94. The van der Waals surface area contributed by atoms with Crippen molar-refractivity contribution in [3.8, 4) is 11.5 Å². The Bertz CT molecular complexity index is 350. The molecule has 0 aliphatic rings. The van der Waals surface area contributed by atoms with E-state index in [1.807, 2.05) is 18.2 Å². The molecule has 0 saturated heterocycles. The molecule has 17 heavy (non-hydrogen) atoms. The predicted octanol–water partition coefficient (Wildman–Crippen LogP) is 3.14. The quantitative estimate of drug-likeness (QED) is 0.826. The lowest BCUT2D eigenvalue weighted by molar-refractivity contribution is 0.354. The fourth-order valence-electron chi connectivity index (χ4n) is 1.76. The molecule has 0 radical (unpaired) electrons. The average molecular weight is 237 g/mol. The van der Waals surface area contributed by atoms with Crippen LogP contribution in [-0.2, 0) is 0 Å². The van der Waals surface area contributed by atoms with Gasteiger partial charge in [-0.25, -0.2) is 0 Å². The van der Waals surface area contributed by atoms with Crippen LogP contribution in [0.15, 0.2) is 18.2 Å². The summed E-state index contributed by atoms with van der Waals surface area (Å²) in [6.45, 7) is 4.42. The molecule has 0 fully saturated rings. The topological polar surface area (TPSA) is 44.5 Å². The lowest BCUT2D eigenvalue weighted by atomic mass is 9.98. The molecular formula is C14H23NO2. The molecule has 0 aromatic heterocycles. The lowest BCUT2D eigenvalue weighted by Crippen LogP contribution is -2.11. The van der Waals surface area contributed by atoms with E-state index in [1.54, 1.807) is 14.2 Å². The van der Waals surface area contributed by atoms with Gasteiger partial charge in [0.2, 0.25) is 0 Å². The Balaban J connectivity index is 2.77. The maximum absolute atomic E-state index is 6.16. The minimum atomic E-state index is 0.0669. The van der Waals surface area contributed by atoms with Crippen molar-refractivity contribution in [3.05, 3.63) is 23.8 Å². The minimum Gasteiger partial charge on any atom is -0.493 e. The van der Waals surface area contributed by atoms with Crippen LogP contribution in [0.5, 0.6) is 11.5 Å². The van der Waals surface area contributed by atoms with E-state index in [4.69, 9.17) is 15.2 Å². The van der Waals surface area contributed by atoms with Crippen molar-refractivity contribution < 1.29 is 9.47 Å². The molecule has 0 aliphatic carbocycles. The van der Waals surface area contributed by atoms with E-state index in [2.05, 4.69) is 13.8 Å². The zero-order valence-electron chi connectivity index (χ0n) is 11.2. The van der Waals surface area contributed by atoms with E-state index < -0.39 is 0 Å². The van der Waals surface area contributed by atoms with Gasteiger partial charge < -0.3 is 15.2 Å². The molecule has 0 aliphatic heterocycles. The van der Waals surface area contributed by atoms with Gasteiger partial charge in [0, 0.05) is 6.04 Å². The Labute approximate surface area is 104 Å². The van der Waals surface area contributed by atoms with Crippen LogP contribution in [0.3, 0.4) is 0 Å². The lowest BCUT2D eigenvalue weighted by Gasteiger charge is -2.15. The molecule has 1 aromatic rings. The van der Waals surface area contributed by atoms with E-state index in [0.717, 1.165) is 29.9 Å². The van der Waals surface area contributed by atoms with E-state index >= 15 is 0 Å². The van der Waals surface area contributed by atoms with E-state index in [-0.39, 0.29) is 6.04 Å². The van der Waals surface area contributed by atoms with Crippen molar-refractivity contribution in [1.82, 2.24) is 0 Å². The van der Waals surface area contributed by atoms with E-state index in [0.29, 0.717) is 5.92 Å². The van der Waals surface area contributed by atoms with Crippen LogP contribution in [0.1, 0.15) is 38.3 Å². The second-order valence-electron chi connectivity index (χ2n) is 4.69. The molecule has 2 N–H and O–H groups in total. The number of nitrogens with two attached hydrogens (primary N) is 1. The van der Waals surface area contributed by atoms with Crippen LogP contribution >= 0.6 is 0 Å². The summed E-state index contributed by atoms with van der Waals surface area (Å²) >= 11 is 0. The number of rotatable bonds is 6. The molecule has 0 saturated carbocycles. The van der Waals surface area contributed by atoms with Gasteiger partial charge in [-0.05, 0) is 36.5 Å². The highest BCUT2D eigenvalue weighted by atomic mass is 16.5. The van der Waals surface area contributed by atoms with Gasteiger partial charge in [-0.2, -0.15) is 0 Å². The molecule has 0 bridgehead atoms. The van der Waals surface area contributed by atoms with Crippen LogP contribution in [0.2, 0.25) is 0 Å². The summed E-state index contributed by atoms with van der Waals surface area (Å²) in [6.07, 6.45) is 2.13. The number of methoxy groups -OCH3 is 2. The van der Waals surface area contributed by atoms with Crippen molar-refractivity contribution in [2.24, 2.45) is 11.7 Å². The SMILES string of the molecule is COc1ccc([C@H](N)CCC(C)C)cc1OC. The number of benzene rings is 1. The van der Waals surface area contributed by atoms with Crippen LogP contribution in [0, 0.1) is 5.92 Å². The third-order valence-electron chi connectivity index (χ3n) is 2.89. The summed E-state index contributed by atoms with van der Waals surface area (Å²) in [4.78, 5) is 0. The molecule has 96 valence electrons. The van der Waals surface area contributed by atoms with Gasteiger partial charge >= 0.3 is 0 Å². The highest BCUT2D eigenvalue weighted by Crippen LogP contribution is 2.30. The first-order valence-corrected chi connectivity index (χ1v) is 6.06. The van der Waals surface area contributed by atoms with E-state index in [1.165, 1.54) is 0 Å². The van der Waals surface area contributed by atoms with Gasteiger partial charge in [0.15, 0.2) is 11.5 Å². The van der Waals surface area contributed by atoms with Crippen molar-refractivity contribution >= 4 is 0 Å². The summed E-state index contributed by atoms with van der Waals surface area (Å²) < 4.78 is 10.5. The fraction of sp³-hybridized carbons (Fsp3) is 0.571. The Morgan fingerprint density at radius 3 is 2.24 bits per heavy atom. The maximum atomic E-state index is 6.16. The number of hydrogen-bond acceptors (Lipinski definition) is 3. The molecule has 1 atom stereocenters. The van der Waals surface area contributed by atoms with Gasteiger partial charge in [0.1, 0.15) is 0 Å². The summed E-state index contributed by atoms with van der Waals surface area (Å²) in [7, 11) is 3.28. The molecule has 0 spiro atoms. The third kappa shape index (κ3) is 3.93. The van der Waals surface area contributed by atoms with Crippen LogP contribution in [-0.4, -0.2) is 14.2 Å². The fourth-order valence-corrected chi connectivity index (χ4v) is 1.76. The van der Waals surface area contributed by atoms with E-state index in [9.17, 15) is 0 Å². The number of hydrogen-bond donors (Lipinski definition) is 1. The molecule has 0 unspecified atom stereocenters. The maximum Gasteiger partial charge on any atom is 0.161 e. The molecule has 1 rings (SSSR count). The molecule has 0 heterocycles. The summed E-state index contributed by atoms with van der Waals surface area (Å²) in [5.41, 5.74) is 7.26. The first kappa shape index (κ1) is 13.8. The van der Waals surface area contributed by atoms with Crippen LogP contribution < -0.4 is 15.2 Å². The van der Waals surface area contributed by atoms with Gasteiger partial charge in [-0.1, -0.05) is 19.9 Å². The van der Waals surface area contributed by atoms with Gasteiger partial charge in [0.25, 0.3) is 0 Å². The van der Waals surface area contributed by atoms with Crippen molar-refractivity contribution in [3.63, 3.8) is 0 Å². The van der Waals surface area contributed by atoms with Crippen molar-refractivity contribution in [2.45, 2.75) is 32.7 Å². The van der Waals surface area contributed by atoms with Crippen LogP contribution in [0.4, 0.5) is 0 Å². The summed E-state index contributed by atoms with van der Waals surface area (Å²) in [5.74, 6) is 2.17. The van der Waals surface area contributed by atoms with Crippen molar-refractivity contribution in [2.75, 3.05) is 14.2 Å². The molecule has 0 amide bonds. The Hall–Kier alpha value is -1.22. The second kappa shape index (κ2) is 6.50. The minimum absolute atomic E-state index is 0.0669. The first-order chi connectivity index (χ1) is 8.08. The zero-order chi connectivity index (χ0) is 12.8. The van der Waals surface area contributed by atoms with Crippen LogP contribution in [0.25, 0.3) is 0 Å².